The Hall–Kier alpha value is -0.0500. The molecule has 0 amide bonds. The first kappa shape index (κ1) is 10.1. The molecular formula is C12H16ClNS. The van der Waals surface area contributed by atoms with E-state index in [9.17, 15) is 0 Å². The third-order valence-corrected chi connectivity index (χ3v) is 5.14. The summed E-state index contributed by atoms with van der Waals surface area (Å²) in [5.74, 6) is 1.57. The Morgan fingerprint density at radius 3 is 2.73 bits per heavy atom. The van der Waals surface area contributed by atoms with Crippen LogP contribution in [0.4, 0.5) is 0 Å². The molecule has 2 fully saturated rings. The molecule has 3 heteroatoms. The van der Waals surface area contributed by atoms with Gasteiger partial charge in [0.1, 0.15) is 0 Å². The SMILES string of the molecule is Clc1ccsc1C1CCC1CNC1CC1. The van der Waals surface area contributed by atoms with Gasteiger partial charge in [-0.2, -0.15) is 0 Å². The molecule has 1 N–H and O–H groups in total. The van der Waals surface area contributed by atoms with Crippen molar-refractivity contribution in [3.8, 4) is 0 Å². The summed E-state index contributed by atoms with van der Waals surface area (Å²) in [5.41, 5.74) is 0. The lowest BCUT2D eigenvalue weighted by molar-refractivity contribution is 0.249. The topological polar surface area (TPSA) is 12.0 Å². The summed E-state index contributed by atoms with van der Waals surface area (Å²) in [6, 6.07) is 2.87. The Morgan fingerprint density at radius 2 is 2.20 bits per heavy atom. The standard InChI is InChI=1S/C12H16ClNS/c13-11-5-6-15-12(11)10-4-1-8(10)7-14-9-2-3-9/h5-6,8-10,14H,1-4,7H2. The highest BCUT2D eigenvalue weighted by Crippen LogP contribution is 2.46. The van der Waals surface area contributed by atoms with Crippen LogP contribution in [0, 0.1) is 5.92 Å². The summed E-state index contributed by atoms with van der Waals surface area (Å²) in [6.07, 6.45) is 5.48. The normalized spacial score (nSPS) is 30.2. The third kappa shape index (κ3) is 2.08. The molecule has 2 atom stereocenters. The second-order valence-electron chi connectivity index (χ2n) is 4.76. The molecule has 2 saturated carbocycles. The summed E-state index contributed by atoms with van der Waals surface area (Å²) in [5, 5.41) is 6.73. The molecule has 2 aliphatic carbocycles. The zero-order chi connectivity index (χ0) is 10.3. The molecular weight excluding hydrogens is 226 g/mol. The minimum atomic E-state index is 0.740. The van der Waals surface area contributed by atoms with Crippen LogP contribution in [0.25, 0.3) is 0 Å². The van der Waals surface area contributed by atoms with Gasteiger partial charge in [0.2, 0.25) is 0 Å². The van der Waals surface area contributed by atoms with Crippen molar-refractivity contribution in [1.82, 2.24) is 5.32 Å². The first-order valence-electron chi connectivity index (χ1n) is 5.81. The van der Waals surface area contributed by atoms with Crippen molar-refractivity contribution in [3.05, 3.63) is 21.3 Å². The first-order chi connectivity index (χ1) is 7.34. The highest BCUT2D eigenvalue weighted by atomic mass is 35.5. The second kappa shape index (κ2) is 4.08. The van der Waals surface area contributed by atoms with Crippen molar-refractivity contribution in [1.29, 1.82) is 0 Å². The molecule has 0 spiro atoms. The average Bonchev–Trinajstić information content (AvgIpc) is 2.91. The maximum atomic E-state index is 6.18. The first-order valence-corrected chi connectivity index (χ1v) is 7.06. The van der Waals surface area contributed by atoms with Gasteiger partial charge in [-0.15, -0.1) is 11.3 Å². The number of thiophene rings is 1. The highest BCUT2D eigenvalue weighted by Gasteiger charge is 2.35. The molecule has 1 aromatic heterocycles. The quantitative estimate of drug-likeness (QED) is 0.849. The molecule has 0 bridgehead atoms. The van der Waals surface area contributed by atoms with Crippen LogP contribution < -0.4 is 5.32 Å². The van der Waals surface area contributed by atoms with Gasteiger partial charge in [0.15, 0.2) is 0 Å². The fourth-order valence-electron chi connectivity index (χ4n) is 2.33. The largest absolute Gasteiger partial charge is 0.314 e. The van der Waals surface area contributed by atoms with Crippen LogP contribution in [0.3, 0.4) is 0 Å². The average molecular weight is 242 g/mol. The summed E-state index contributed by atoms with van der Waals surface area (Å²) in [4.78, 5) is 1.42. The lowest BCUT2D eigenvalue weighted by atomic mass is 9.73. The van der Waals surface area contributed by atoms with E-state index in [0.29, 0.717) is 0 Å². The highest BCUT2D eigenvalue weighted by molar-refractivity contribution is 7.10. The maximum absolute atomic E-state index is 6.18. The van der Waals surface area contributed by atoms with E-state index in [1.54, 1.807) is 0 Å². The zero-order valence-corrected chi connectivity index (χ0v) is 10.3. The zero-order valence-electron chi connectivity index (χ0n) is 8.71. The van der Waals surface area contributed by atoms with Gasteiger partial charge in [-0.05, 0) is 55.5 Å². The molecule has 2 aliphatic rings. The third-order valence-electron chi connectivity index (χ3n) is 3.65. The van der Waals surface area contributed by atoms with Gasteiger partial charge < -0.3 is 5.32 Å². The number of nitrogens with one attached hydrogen (secondary N) is 1. The smallest absolute Gasteiger partial charge is 0.0547 e. The monoisotopic (exact) mass is 241 g/mol. The van der Waals surface area contributed by atoms with Crippen molar-refractivity contribution < 1.29 is 0 Å². The molecule has 15 heavy (non-hydrogen) atoms. The molecule has 1 aromatic rings. The summed E-state index contributed by atoms with van der Waals surface area (Å²) < 4.78 is 0. The Morgan fingerprint density at radius 1 is 1.33 bits per heavy atom. The van der Waals surface area contributed by atoms with Crippen LogP contribution in [0.15, 0.2) is 11.4 Å². The van der Waals surface area contributed by atoms with Gasteiger partial charge in [0, 0.05) is 10.9 Å². The van der Waals surface area contributed by atoms with Crippen molar-refractivity contribution in [3.63, 3.8) is 0 Å². The molecule has 0 radical (unpaired) electrons. The van der Waals surface area contributed by atoms with E-state index in [1.165, 1.54) is 37.1 Å². The minimum absolute atomic E-state index is 0.740. The summed E-state index contributed by atoms with van der Waals surface area (Å²) in [7, 11) is 0. The van der Waals surface area contributed by atoms with Crippen molar-refractivity contribution in [2.45, 2.75) is 37.6 Å². The Kier molecular flexibility index (Phi) is 2.75. The van der Waals surface area contributed by atoms with Crippen molar-refractivity contribution in [2.75, 3.05) is 6.54 Å². The molecule has 3 rings (SSSR count). The Balaban J connectivity index is 1.59. The van der Waals surface area contributed by atoms with E-state index in [1.807, 2.05) is 17.4 Å². The fourth-order valence-corrected chi connectivity index (χ4v) is 3.76. The lowest BCUT2D eigenvalue weighted by Gasteiger charge is -2.36. The van der Waals surface area contributed by atoms with Gasteiger partial charge in [-0.25, -0.2) is 0 Å². The maximum Gasteiger partial charge on any atom is 0.0547 e. The van der Waals surface area contributed by atoms with Gasteiger partial charge in [-0.3, -0.25) is 0 Å². The molecule has 2 unspecified atom stereocenters. The minimum Gasteiger partial charge on any atom is -0.314 e. The predicted octanol–water partition coefficient (Wildman–Crippen LogP) is 3.65. The molecule has 0 aliphatic heterocycles. The van der Waals surface area contributed by atoms with Crippen LogP contribution in [0.1, 0.15) is 36.5 Å². The Labute approximate surface area is 99.8 Å². The van der Waals surface area contributed by atoms with E-state index in [0.717, 1.165) is 22.9 Å². The van der Waals surface area contributed by atoms with E-state index in [2.05, 4.69) is 10.7 Å². The molecule has 1 heterocycles. The van der Waals surface area contributed by atoms with E-state index in [4.69, 9.17) is 11.6 Å². The predicted molar refractivity (Wildman–Crippen MR) is 65.8 cm³/mol. The number of halogens is 1. The van der Waals surface area contributed by atoms with E-state index >= 15 is 0 Å². The molecule has 1 nitrogen and oxygen atoms in total. The summed E-state index contributed by atoms with van der Waals surface area (Å²) in [6.45, 7) is 1.20. The van der Waals surface area contributed by atoms with Crippen molar-refractivity contribution in [2.24, 2.45) is 5.92 Å². The van der Waals surface area contributed by atoms with Crippen LogP contribution >= 0.6 is 22.9 Å². The number of rotatable bonds is 4. The second-order valence-corrected chi connectivity index (χ2v) is 6.11. The molecule has 0 saturated heterocycles. The van der Waals surface area contributed by atoms with Crippen LogP contribution in [-0.4, -0.2) is 12.6 Å². The van der Waals surface area contributed by atoms with Gasteiger partial charge in [-0.1, -0.05) is 11.6 Å². The number of hydrogen-bond donors (Lipinski definition) is 1. The Bertz CT molecular complexity index is 345. The molecule has 0 aromatic carbocycles. The van der Waals surface area contributed by atoms with Crippen LogP contribution in [-0.2, 0) is 0 Å². The fraction of sp³-hybridized carbons (Fsp3) is 0.667. The van der Waals surface area contributed by atoms with Gasteiger partial charge in [0.25, 0.3) is 0 Å². The van der Waals surface area contributed by atoms with Crippen LogP contribution in [0.5, 0.6) is 0 Å². The van der Waals surface area contributed by atoms with Gasteiger partial charge >= 0.3 is 0 Å². The molecule has 82 valence electrons. The van der Waals surface area contributed by atoms with E-state index < -0.39 is 0 Å². The van der Waals surface area contributed by atoms with Crippen molar-refractivity contribution >= 4 is 22.9 Å². The van der Waals surface area contributed by atoms with E-state index in [-0.39, 0.29) is 0 Å². The summed E-state index contributed by atoms with van der Waals surface area (Å²) >= 11 is 8.01. The number of hydrogen-bond acceptors (Lipinski definition) is 2. The van der Waals surface area contributed by atoms with Crippen LogP contribution in [0.2, 0.25) is 5.02 Å². The lowest BCUT2D eigenvalue weighted by Crippen LogP contribution is -2.34. The van der Waals surface area contributed by atoms with Gasteiger partial charge in [0.05, 0.1) is 5.02 Å².